The Balaban J connectivity index is 2.07. The number of allylic oxidation sites excluding steroid dienone is 1. The fourth-order valence-corrected chi connectivity index (χ4v) is 2.68. The molecule has 5 atom stereocenters. The first kappa shape index (κ1) is 20.5. The normalized spacial score (nSPS) is 31.2. The molecule has 6 nitrogen and oxygen atoms in total. The second-order valence-electron chi connectivity index (χ2n) is 6.12. The number of hydrogen-bond acceptors (Lipinski definition) is 6. The second-order valence-corrected chi connectivity index (χ2v) is 6.12. The Hall–Kier alpha value is -0.500. The van der Waals surface area contributed by atoms with E-state index in [1.807, 2.05) is 6.08 Å². The van der Waals surface area contributed by atoms with Gasteiger partial charge in [-0.1, -0.05) is 38.2 Å². The first-order chi connectivity index (χ1) is 11.1. The molecule has 0 aliphatic carbocycles. The lowest BCUT2D eigenvalue weighted by molar-refractivity contribution is -0.301. The molecule has 23 heavy (non-hydrogen) atoms. The van der Waals surface area contributed by atoms with Crippen LogP contribution in [0.3, 0.4) is 0 Å². The van der Waals surface area contributed by atoms with Gasteiger partial charge >= 0.3 is 0 Å². The molecule has 1 rings (SSSR count). The molecule has 6 heteroatoms. The highest BCUT2D eigenvalue weighted by Crippen LogP contribution is 2.22. The summed E-state index contributed by atoms with van der Waals surface area (Å²) in [6, 6.07) is 0. The highest BCUT2D eigenvalue weighted by molar-refractivity contribution is 4.88. The third-order valence-electron chi connectivity index (χ3n) is 4.18. The standard InChI is InChI=1S/C17H32O6/c1-2-3-4-5-6-7-8-9-10-11-22-17-16(21)15(20)14(19)13(12-18)23-17/h2,13-21H,1,3-12H2/t13-,14+,15+,16-,17-/m1/s1. The summed E-state index contributed by atoms with van der Waals surface area (Å²) in [6.07, 6.45) is 5.04. The van der Waals surface area contributed by atoms with Gasteiger partial charge in [-0.15, -0.1) is 6.58 Å². The van der Waals surface area contributed by atoms with Crippen LogP contribution in [0.4, 0.5) is 0 Å². The van der Waals surface area contributed by atoms with Gasteiger partial charge in [-0.2, -0.15) is 0 Å². The monoisotopic (exact) mass is 332 g/mol. The third-order valence-corrected chi connectivity index (χ3v) is 4.18. The van der Waals surface area contributed by atoms with Crippen LogP contribution in [0, 0.1) is 0 Å². The van der Waals surface area contributed by atoms with Gasteiger partial charge in [0.15, 0.2) is 6.29 Å². The molecule has 4 N–H and O–H groups in total. The van der Waals surface area contributed by atoms with Crippen LogP contribution in [0.15, 0.2) is 12.7 Å². The Morgan fingerprint density at radius 2 is 1.48 bits per heavy atom. The zero-order valence-corrected chi connectivity index (χ0v) is 13.8. The van der Waals surface area contributed by atoms with E-state index in [-0.39, 0.29) is 0 Å². The minimum atomic E-state index is -1.37. The van der Waals surface area contributed by atoms with Gasteiger partial charge in [0, 0.05) is 6.61 Å². The lowest BCUT2D eigenvalue weighted by atomic mass is 9.99. The molecule has 0 aromatic rings. The zero-order chi connectivity index (χ0) is 17.1. The molecule has 1 aliphatic heterocycles. The minimum Gasteiger partial charge on any atom is -0.394 e. The average molecular weight is 332 g/mol. The molecule has 1 aliphatic rings. The number of aliphatic hydroxyl groups excluding tert-OH is 4. The fraction of sp³-hybridized carbons (Fsp3) is 0.882. The van der Waals surface area contributed by atoms with Crippen LogP contribution in [0.5, 0.6) is 0 Å². The minimum absolute atomic E-state index is 0.416. The van der Waals surface area contributed by atoms with E-state index >= 15 is 0 Å². The van der Waals surface area contributed by atoms with Gasteiger partial charge in [0.25, 0.3) is 0 Å². The van der Waals surface area contributed by atoms with E-state index in [2.05, 4.69) is 6.58 Å². The maximum Gasteiger partial charge on any atom is 0.186 e. The van der Waals surface area contributed by atoms with Crippen LogP contribution in [-0.2, 0) is 9.47 Å². The van der Waals surface area contributed by atoms with Crippen molar-refractivity contribution in [3.63, 3.8) is 0 Å². The van der Waals surface area contributed by atoms with Gasteiger partial charge in [0.05, 0.1) is 6.61 Å². The van der Waals surface area contributed by atoms with Crippen molar-refractivity contribution in [2.75, 3.05) is 13.2 Å². The summed E-state index contributed by atoms with van der Waals surface area (Å²) in [5.74, 6) is 0. The molecule has 0 aromatic carbocycles. The van der Waals surface area contributed by atoms with Crippen molar-refractivity contribution < 1.29 is 29.9 Å². The molecule has 0 aromatic heterocycles. The molecule has 0 amide bonds. The largest absolute Gasteiger partial charge is 0.394 e. The summed E-state index contributed by atoms with van der Waals surface area (Å²) < 4.78 is 10.7. The lowest BCUT2D eigenvalue weighted by Crippen LogP contribution is -2.59. The molecule has 0 spiro atoms. The molecular formula is C17H32O6. The van der Waals surface area contributed by atoms with Crippen molar-refractivity contribution in [3.05, 3.63) is 12.7 Å². The number of rotatable bonds is 12. The SMILES string of the molecule is C=CCCCCCCCCCO[C@@H]1O[C@H](CO)[C@H](O)[C@H](O)[C@H]1O. The highest BCUT2D eigenvalue weighted by atomic mass is 16.7. The summed E-state index contributed by atoms with van der Waals surface area (Å²) in [6.45, 7) is 3.69. The van der Waals surface area contributed by atoms with E-state index in [1.54, 1.807) is 0 Å². The van der Waals surface area contributed by atoms with Crippen LogP contribution >= 0.6 is 0 Å². The maximum absolute atomic E-state index is 9.82. The molecule has 0 radical (unpaired) electrons. The van der Waals surface area contributed by atoms with Gasteiger partial charge in [-0.05, 0) is 19.3 Å². The van der Waals surface area contributed by atoms with Crippen molar-refractivity contribution >= 4 is 0 Å². The van der Waals surface area contributed by atoms with Gasteiger partial charge in [-0.25, -0.2) is 0 Å². The molecule has 0 saturated carbocycles. The molecule has 1 heterocycles. The van der Waals surface area contributed by atoms with E-state index in [0.29, 0.717) is 6.61 Å². The Kier molecular flexibility index (Phi) is 10.7. The van der Waals surface area contributed by atoms with Gasteiger partial charge < -0.3 is 29.9 Å². The Morgan fingerprint density at radius 3 is 2.09 bits per heavy atom. The molecule has 0 bridgehead atoms. The number of aliphatic hydroxyl groups is 4. The van der Waals surface area contributed by atoms with Crippen LogP contribution in [0.2, 0.25) is 0 Å². The average Bonchev–Trinajstić information content (AvgIpc) is 2.56. The van der Waals surface area contributed by atoms with Gasteiger partial charge in [0.1, 0.15) is 24.4 Å². The predicted octanol–water partition coefficient (Wildman–Crippen LogP) is 1.11. The van der Waals surface area contributed by atoms with Crippen molar-refractivity contribution in [1.82, 2.24) is 0 Å². The lowest BCUT2D eigenvalue weighted by Gasteiger charge is -2.39. The van der Waals surface area contributed by atoms with E-state index < -0.39 is 37.3 Å². The Bertz CT molecular complexity index is 309. The molecular weight excluding hydrogens is 300 g/mol. The summed E-state index contributed by atoms with van der Waals surface area (Å²) in [5.41, 5.74) is 0. The van der Waals surface area contributed by atoms with Gasteiger partial charge in [0.2, 0.25) is 0 Å². The Morgan fingerprint density at radius 1 is 0.870 bits per heavy atom. The topological polar surface area (TPSA) is 99.4 Å². The van der Waals surface area contributed by atoms with Crippen molar-refractivity contribution in [3.8, 4) is 0 Å². The summed E-state index contributed by atoms with van der Waals surface area (Å²) >= 11 is 0. The summed E-state index contributed by atoms with van der Waals surface area (Å²) in [5, 5.41) is 38.2. The first-order valence-corrected chi connectivity index (χ1v) is 8.64. The number of unbranched alkanes of at least 4 members (excludes halogenated alkanes) is 7. The van der Waals surface area contributed by atoms with E-state index in [9.17, 15) is 15.3 Å². The maximum atomic E-state index is 9.82. The van der Waals surface area contributed by atoms with Gasteiger partial charge in [-0.3, -0.25) is 0 Å². The molecule has 136 valence electrons. The quantitative estimate of drug-likeness (QED) is 0.316. The molecule has 1 saturated heterocycles. The van der Waals surface area contributed by atoms with Crippen LogP contribution in [0.25, 0.3) is 0 Å². The van der Waals surface area contributed by atoms with E-state index in [4.69, 9.17) is 14.6 Å². The van der Waals surface area contributed by atoms with Crippen molar-refractivity contribution in [2.45, 2.75) is 82.1 Å². The zero-order valence-electron chi connectivity index (χ0n) is 13.8. The molecule has 1 fully saturated rings. The smallest absolute Gasteiger partial charge is 0.186 e. The number of hydrogen-bond donors (Lipinski definition) is 4. The fourth-order valence-electron chi connectivity index (χ4n) is 2.68. The number of ether oxygens (including phenoxy) is 2. The third kappa shape index (κ3) is 7.28. The van der Waals surface area contributed by atoms with E-state index in [0.717, 1.165) is 25.7 Å². The molecule has 0 unspecified atom stereocenters. The van der Waals surface area contributed by atoms with Crippen LogP contribution < -0.4 is 0 Å². The Labute approximate surface area is 138 Å². The van der Waals surface area contributed by atoms with Crippen molar-refractivity contribution in [2.24, 2.45) is 0 Å². The summed E-state index contributed by atoms with van der Waals surface area (Å²) in [4.78, 5) is 0. The van der Waals surface area contributed by atoms with E-state index in [1.165, 1.54) is 25.7 Å². The predicted molar refractivity (Wildman–Crippen MR) is 86.9 cm³/mol. The van der Waals surface area contributed by atoms with Crippen molar-refractivity contribution in [1.29, 1.82) is 0 Å². The second kappa shape index (κ2) is 11.9. The summed E-state index contributed by atoms with van der Waals surface area (Å²) in [7, 11) is 0. The van der Waals surface area contributed by atoms with Crippen LogP contribution in [-0.4, -0.2) is 64.3 Å². The highest BCUT2D eigenvalue weighted by Gasteiger charge is 2.43. The first-order valence-electron chi connectivity index (χ1n) is 8.64. The van der Waals surface area contributed by atoms with Crippen LogP contribution in [0.1, 0.15) is 51.4 Å².